The fourth-order valence-corrected chi connectivity index (χ4v) is 8.90. The molecule has 10 aromatic rings. The molecule has 0 fully saturated rings. The second-order valence-electron chi connectivity index (χ2n) is 18.1. The Balaban J connectivity index is 0.800. The number of nitrogens with one attached hydrogen (secondary N) is 1. The molecule has 0 saturated carbocycles. The summed E-state index contributed by atoms with van der Waals surface area (Å²) in [5.74, 6) is 0. The van der Waals surface area contributed by atoms with E-state index in [1.54, 1.807) is 0 Å². The van der Waals surface area contributed by atoms with Crippen LogP contribution in [0.1, 0.15) is 66.8 Å². The van der Waals surface area contributed by atoms with Crippen molar-refractivity contribution in [3.05, 3.63) is 328 Å². The van der Waals surface area contributed by atoms with Crippen molar-refractivity contribution in [2.75, 3.05) is 10.2 Å². The molecular formula is C70H56N2. The van der Waals surface area contributed by atoms with Crippen LogP contribution in [0, 0.1) is 13.8 Å². The van der Waals surface area contributed by atoms with E-state index in [2.05, 4.69) is 321 Å². The first-order valence-corrected chi connectivity index (χ1v) is 24.6. The molecule has 0 spiro atoms. The lowest BCUT2D eigenvalue weighted by atomic mass is 9.95. The number of nitrogens with zero attached hydrogens (tertiary/aromatic N) is 1. The molecule has 0 amide bonds. The van der Waals surface area contributed by atoms with Crippen LogP contribution >= 0.6 is 0 Å². The summed E-state index contributed by atoms with van der Waals surface area (Å²) >= 11 is 0. The number of rotatable bonds is 15. The molecule has 0 radical (unpaired) electrons. The minimum atomic E-state index is 1.04. The molecule has 0 atom stereocenters. The zero-order chi connectivity index (χ0) is 48.9. The molecule has 0 aliphatic carbocycles. The number of hydrogen-bond acceptors (Lipinski definition) is 2. The van der Waals surface area contributed by atoms with Crippen molar-refractivity contribution in [2.24, 2.45) is 0 Å². The topological polar surface area (TPSA) is 15.3 Å². The van der Waals surface area contributed by atoms with Gasteiger partial charge in [0.1, 0.15) is 0 Å². The first kappa shape index (κ1) is 46.5. The Bertz CT molecular complexity index is 3400. The van der Waals surface area contributed by atoms with Gasteiger partial charge in [0, 0.05) is 28.4 Å². The standard InChI is InChI=1S/C70H56N2/c1-52-26-43-68(48-53(52)2)72(67-46-37-59(38-47-67)51-70(62-22-11-5-12-23-62)63-24-13-6-14-25-63)66-44-35-55(36-45-66)28-30-57-17-15-16-56(49-57)29-27-54-31-39-64(40-32-54)71-65-41-33-58(34-42-65)50-69(60-18-7-3-8-19-60)61-20-9-4-10-21-61/h3-51,71H,1-2H3/b29-27+,30-28+. The summed E-state index contributed by atoms with van der Waals surface area (Å²) in [7, 11) is 0. The molecule has 0 saturated heterocycles. The third kappa shape index (κ3) is 11.8. The van der Waals surface area contributed by atoms with Crippen molar-refractivity contribution in [3.8, 4) is 0 Å². The van der Waals surface area contributed by atoms with Crippen LogP contribution in [0.15, 0.2) is 261 Å². The predicted molar refractivity (Wildman–Crippen MR) is 311 cm³/mol. The summed E-state index contributed by atoms with van der Waals surface area (Å²) in [5, 5.41) is 3.57. The maximum absolute atomic E-state index is 3.57. The van der Waals surface area contributed by atoms with Crippen LogP contribution < -0.4 is 10.2 Å². The molecule has 10 rings (SSSR count). The van der Waals surface area contributed by atoms with E-state index in [1.807, 2.05) is 0 Å². The fourth-order valence-electron chi connectivity index (χ4n) is 8.90. The minimum Gasteiger partial charge on any atom is -0.356 e. The quantitative estimate of drug-likeness (QED) is 0.103. The van der Waals surface area contributed by atoms with Crippen LogP contribution in [0.3, 0.4) is 0 Å². The highest BCUT2D eigenvalue weighted by Gasteiger charge is 2.14. The Kier molecular flexibility index (Phi) is 14.5. The summed E-state index contributed by atoms with van der Waals surface area (Å²) in [6.45, 7) is 4.35. The maximum Gasteiger partial charge on any atom is 0.0464 e. The zero-order valence-corrected chi connectivity index (χ0v) is 40.7. The molecule has 2 heteroatoms. The molecule has 72 heavy (non-hydrogen) atoms. The van der Waals surface area contributed by atoms with E-state index in [0.29, 0.717) is 0 Å². The SMILES string of the molecule is Cc1ccc(N(c2ccc(C=C(c3ccccc3)c3ccccc3)cc2)c2ccc(/C=C/c3cccc(/C=C/c4ccc(Nc5ccc(C=C(c6ccccc6)c6ccccc6)cc5)cc4)c3)cc2)cc1C. The van der Waals surface area contributed by atoms with E-state index >= 15 is 0 Å². The van der Waals surface area contributed by atoms with Crippen LogP contribution in [0.4, 0.5) is 28.4 Å². The third-order valence-electron chi connectivity index (χ3n) is 13.0. The highest BCUT2D eigenvalue weighted by atomic mass is 15.1. The monoisotopic (exact) mass is 924 g/mol. The highest BCUT2D eigenvalue weighted by molar-refractivity contribution is 5.93. The second-order valence-corrected chi connectivity index (χ2v) is 18.1. The van der Waals surface area contributed by atoms with Crippen molar-refractivity contribution in [1.82, 2.24) is 0 Å². The van der Waals surface area contributed by atoms with Gasteiger partial charge in [-0.05, 0) is 171 Å². The molecule has 1 N–H and O–H groups in total. The van der Waals surface area contributed by atoms with Crippen molar-refractivity contribution >= 4 is 76.0 Å². The van der Waals surface area contributed by atoms with Crippen LogP contribution in [0.2, 0.25) is 0 Å². The van der Waals surface area contributed by atoms with Gasteiger partial charge in [0.05, 0.1) is 0 Å². The van der Waals surface area contributed by atoms with Gasteiger partial charge in [-0.3, -0.25) is 0 Å². The van der Waals surface area contributed by atoms with Crippen molar-refractivity contribution in [2.45, 2.75) is 13.8 Å². The maximum atomic E-state index is 3.57. The van der Waals surface area contributed by atoms with Gasteiger partial charge >= 0.3 is 0 Å². The summed E-state index contributed by atoms with van der Waals surface area (Å²) in [5.41, 5.74) is 22.0. The van der Waals surface area contributed by atoms with Gasteiger partial charge in [-0.1, -0.05) is 218 Å². The van der Waals surface area contributed by atoms with Crippen molar-refractivity contribution < 1.29 is 0 Å². The Morgan fingerprint density at radius 3 is 1.04 bits per heavy atom. The zero-order valence-electron chi connectivity index (χ0n) is 40.7. The first-order valence-electron chi connectivity index (χ1n) is 24.6. The molecule has 10 aromatic carbocycles. The molecule has 0 bridgehead atoms. The Morgan fingerprint density at radius 1 is 0.292 bits per heavy atom. The number of benzene rings is 10. The highest BCUT2D eigenvalue weighted by Crippen LogP contribution is 2.37. The fraction of sp³-hybridized carbons (Fsp3) is 0.0286. The lowest BCUT2D eigenvalue weighted by Crippen LogP contribution is -2.10. The van der Waals surface area contributed by atoms with Crippen molar-refractivity contribution in [1.29, 1.82) is 0 Å². The van der Waals surface area contributed by atoms with E-state index in [0.717, 1.165) is 61.8 Å². The lowest BCUT2D eigenvalue weighted by molar-refractivity contribution is 1.25. The summed E-state index contributed by atoms with van der Waals surface area (Å²) in [6, 6.07) is 92.6. The van der Waals surface area contributed by atoms with E-state index in [9.17, 15) is 0 Å². The third-order valence-corrected chi connectivity index (χ3v) is 13.0. The predicted octanol–water partition coefficient (Wildman–Crippen LogP) is 19.0. The minimum absolute atomic E-state index is 1.04. The molecular weight excluding hydrogens is 869 g/mol. The van der Waals surface area contributed by atoms with Crippen LogP contribution in [0.25, 0.3) is 47.6 Å². The molecule has 0 aromatic heterocycles. The van der Waals surface area contributed by atoms with Crippen LogP contribution in [-0.2, 0) is 0 Å². The van der Waals surface area contributed by atoms with Gasteiger partial charge in [-0.15, -0.1) is 0 Å². The molecule has 0 aliphatic heterocycles. The second kappa shape index (κ2) is 22.5. The van der Waals surface area contributed by atoms with Gasteiger partial charge < -0.3 is 10.2 Å². The molecule has 346 valence electrons. The normalized spacial score (nSPS) is 11.1. The van der Waals surface area contributed by atoms with E-state index < -0.39 is 0 Å². The Hall–Kier alpha value is -9.24. The summed E-state index contributed by atoms with van der Waals surface area (Å²) < 4.78 is 0. The number of anilines is 5. The first-order chi connectivity index (χ1) is 35.5. The van der Waals surface area contributed by atoms with Gasteiger partial charge in [0.2, 0.25) is 0 Å². The van der Waals surface area contributed by atoms with Gasteiger partial charge in [-0.2, -0.15) is 0 Å². The molecule has 2 nitrogen and oxygen atoms in total. The summed E-state index contributed by atoms with van der Waals surface area (Å²) in [6.07, 6.45) is 13.3. The lowest BCUT2D eigenvalue weighted by Gasteiger charge is -2.26. The Morgan fingerprint density at radius 2 is 0.639 bits per heavy atom. The van der Waals surface area contributed by atoms with E-state index in [1.165, 1.54) is 44.5 Å². The average Bonchev–Trinajstić information content (AvgIpc) is 3.44. The van der Waals surface area contributed by atoms with Crippen molar-refractivity contribution in [3.63, 3.8) is 0 Å². The molecule has 0 aliphatic rings. The average molecular weight is 925 g/mol. The van der Waals surface area contributed by atoms with Gasteiger partial charge in [-0.25, -0.2) is 0 Å². The summed E-state index contributed by atoms with van der Waals surface area (Å²) in [4.78, 5) is 2.34. The van der Waals surface area contributed by atoms with E-state index in [-0.39, 0.29) is 0 Å². The van der Waals surface area contributed by atoms with Gasteiger partial charge in [0.15, 0.2) is 0 Å². The molecule has 0 unspecified atom stereocenters. The van der Waals surface area contributed by atoms with E-state index in [4.69, 9.17) is 0 Å². The smallest absolute Gasteiger partial charge is 0.0464 e. The largest absolute Gasteiger partial charge is 0.356 e. The van der Waals surface area contributed by atoms with Gasteiger partial charge in [0.25, 0.3) is 0 Å². The Labute approximate surface area is 425 Å². The van der Waals surface area contributed by atoms with Crippen LogP contribution in [0.5, 0.6) is 0 Å². The molecule has 0 heterocycles. The number of aryl methyl sites for hydroxylation is 2. The van der Waals surface area contributed by atoms with Crippen LogP contribution in [-0.4, -0.2) is 0 Å². The number of hydrogen-bond donors (Lipinski definition) is 1.